The SMILES string of the molecule is CC(O)c1ccccc1-c1cc(F)ccc1Oc1cncnc1N1CCC2(CCN(C(=O)OC(C)(C)C)C2)C1. The average molecular weight is 535 g/mol. The van der Waals surface area contributed by atoms with Gasteiger partial charge in [-0.3, -0.25) is 0 Å². The molecule has 5 rings (SSSR count). The number of rotatable bonds is 5. The largest absolute Gasteiger partial charge is 0.451 e. The van der Waals surface area contributed by atoms with Crippen LogP contribution in [0.3, 0.4) is 0 Å². The van der Waals surface area contributed by atoms with Gasteiger partial charge in [0.25, 0.3) is 0 Å². The molecule has 8 nitrogen and oxygen atoms in total. The standard InChI is InChI=1S/C30H35FN4O4/c1-20(36)22-7-5-6-8-23(22)24-15-21(31)9-10-25(24)38-26-16-32-19-33-27(26)34-13-11-30(17-34)12-14-35(18-30)28(37)39-29(2,3)4/h5-10,15-16,19-20,36H,11-14,17-18H2,1-4H3. The Balaban J connectivity index is 1.38. The van der Waals surface area contributed by atoms with Crippen LogP contribution in [0, 0.1) is 11.2 Å². The molecule has 2 saturated heterocycles. The van der Waals surface area contributed by atoms with Crippen LogP contribution in [0.4, 0.5) is 15.0 Å². The van der Waals surface area contributed by atoms with Crippen LogP contribution in [0.1, 0.15) is 52.2 Å². The fourth-order valence-electron chi connectivity index (χ4n) is 5.51. The Morgan fingerprint density at radius 1 is 1.08 bits per heavy atom. The molecule has 1 amide bonds. The van der Waals surface area contributed by atoms with Crippen molar-refractivity contribution in [1.82, 2.24) is 14.9 Å². The van der Waals surface area contributed by atoms with Crippen molar-refractivity contribution in [2.75, 3.05) is 31.1 Å². The maximum absolute atomic E-state index is 14.4. The van der Waals surface area contributed by atoms with Crippen molar-refractivity contribution in [3.8, 4) is 22.6 Å². The number of aliphatic hydroxyl groups is 1. The first-order valence-corrected chi connectivity index (χ1v) is 13.3. The van der Waals surface area contributed by atoms with Gasteiger partial charge in [-0.05, 0) is 69.9 Å². The second kappa shape index (κ2) is 10.4. The number of aromatic nitrogens is 2. The minimum absolute atomic E-state index is 0.0453. The van der Waals surface area contributed by atoms with E-state index in [2.05, 4.69) is 14.9 Å². The molecule has 2 aromatic carbocycles. The zero-order valence-corrected chi connectivity index (χ0v) is 22.9. The molecule has 9 heteroatoms. The second-order valence-corrected chi connectivity index (χ2v) is 11.5. The van der Waals surface area contributed by atoms with Crippen molar-refractivity contribution < 1.29 is 23.8 Å². The van der Waals surface area contributed by atoms with E-state index in [9.17, 15) is 14.3 Å². The van der Waals surface area contributed by atoms with Crippen molar-refractivity contribution in [2.24, 2.45) is 5.41 Å². The summed E-state index contributed by atoms with van der Waals surface area (Å²) in [6.45, 7) is 10.1. The highest BCUT2D eigenvalue weighted by molar-refractivity contribution is 5.74. The molecule has 1 aromatic heterocycles. The van der Waals surface area contributed by atoms with E-state index < -0.39 is 17.5 Å². The zero-order chi connectivity index (χ0) is 27.8. The normalized spacial score (nSPS) is 19.9. The first-order chi connectivity index (χ1) is 18.5. The first-order valence-electron chi connectivity index (χ1n) is 13.3. The summed E-state index contributed by atoms with van der Waals surface area (Å²) in [7, 11) is 0. The van der Waals surface area contributed by atoms with E-state index in [0.29, 0.717) is 47.1 Å². The highest BCUT2D eigenvalue weighted by Gasteiger charge is 2.46. The van der Waals surface area contributed by atoms with Gasteiger partial charge < -0.3 is 24.4 Å². The predicted molar refractivity (Wildman–Crippen MR) is 146 cm³/mol. The van der Waals surface area contributed by atoms with Gasteiger partial charge in [0.05, 0.1) is 12.3 Å². The van der Waals surface area contributed by atoms with Crippen LogP contribution in [-0.2, 0) is 4.74 Å². The number of halogens is 1. The van der Waals surface area contributed by atoms with Crippen LogP contribution in [0.5, 0.6) is 11.5 Å². The van der Waals surface area contributed by atoms with E-state index in [-0.39, 0.29) is 11.5 Å². The summed E-state index contributed by atoms with van der Waals surface area (Å²) in [5, 5.41) is 10.3. The Kier molecular flexibility index (Phi) is 7.20. The topological polar surface area (TPSA) is 88.0 Å². The van der Waals surface area contributed by atoms with Crippen molar-refractivity contribution >= 4 is 11.9 Å². The van der Waals surface area contributed by atoms with E-state index >= 15 is 0 Å². The van der Waals surface area contributed by atoms with Crippen LogP contribution in [-0.4, -0.2) is 57.8 Å². The summed E-state index contributed by atoms with van der Waals surface area (Å²) < 4.78 is 26.3. The Labute approximate surface area is 228 Å². The molecular weight excluding hydrogens is 499 g/mol. The molecule has 0 saturated carbocycles. The lowest BCUT2D eigenvalue weighted by molar-refractivity contribution is 0.0276. The molecule has 2 atom stereocenters. The molecule has 0 aliphatic carbocycles. The van der Waals surface area contributed by atoms with E-state index in [1.807, 2.05) is 45.0 Å². The Hall–Kier alpha value is -3.72. The lowest BCUT2D eigenvalue weighted by atomic mass is 9.86. The minimum Gasteiger partial charge on any atom is -0.451 e. The quantitative estimate of drug-likeness (QED) is 0.432. The van der Waals surface area contributed by atoms with Gasteiger partial charge in [0.1, 0.15) is 23.5 Å². The lowest BCUT2D eigenvalue weighted by Crippen LogP contribution is -2.37. The third-order valence-corrected chi connectivity index (χ3v) is 7.35. The molecule has 3 heterocycles. The molecule has 2 aliphatic heterocycles. The van der Waals surface area contributed by atoms with Gasteiger partial charge in [-0.25, -0.2) is 19.2 Å². The van der Waals surface area contributed by atoms with Gasteiger partial charge in [0, 0.05) is 37.2 Å². The number of nitrogens with zero attached hydrogens (tertiary/aromatic N) is 4. The number of benzene rings is 2. The summed E-state index contributed by atoms with van der Waals surface area (Å²) in [6, 6.07) is 11.7. The zero-order valence-electron chi connectivity index (χ0n) is 22.9. The number of hydrogen-bond acceptors (Lipinski definition) is 7. The van der Waals surface area contributed by atoms with Crippen LogP contribution in [0.25, 0.3) is 11.1 Å². The highest BCUT2D eigenvalue weighted by Crippen LogP contribution is 2.44. The van der Waals surface area contributed by atoms with E-state index in [4.69, 9.17) is 9.47 Å². The van der Waals surface area contributed by atoms with Crippen LogP contribution < -0.4 is 9.64 Å². The van der Waals surface area contributed by atoms with Crippen LogP contribution in [0.2, 0.25) is 0 Å². The third kappa shape index (κ3) is 5.83. The number of ether oxygens (including phenoxy) is 2. The molecule has 2 fully saturated rings. The fraction of sp³-hybridized carbons (Fsp3) is 0.433. The summed E-state index contributed by atoms with van der Waals surface area (Å²) in [6.07, 6.45) is 3.90. The summed E-state index contributed by atoms with van der Waals surface area (Å²) in [5.74, 6) is 1.14. The second-order valence-electron chi connectivity index (χ2n) is 11.5. The Bertz CT molecular complexity index is 1360. The third-order valence-electron chi connectivity index (χ3n) is 7.35. The number of likely N-dealkylation sites (tertiary alicyclic amines) is 1. The smallest absolute Gasteiger partial charge is 0.410 e. The van der Waals surface area contributed by atoms with Gasteiger partial charge in [-0.2, -0.15) is 0 Å². The van der Waals surface area contributed by atoms with Crippen molar-refractivity contribution in [2.45, 2.75) is 52.2 Å². The highest BCUT2D eigenvalue weighted by atomic mass is 19.1. The predicted octanol–water partition coefficient (Wildman–Crippen LogP) is 5.97. The number of hydrogen-bond donors (Lipinski definition) is 1. The van der Waals surface area contributed by atoms with Gasteiger partial charge in [-0.15, -0.1) is 0 Å². The number of anilines is 1. The summed E-state index contributed by atoms with van der Waals surface area (Å²) in [5.41, 5.74) is 1.32. The van der Waals surface area contributed by atoms with E-state index in [1.165, 1.54) is 18.5 Å². The molecule has 0 bridgehead atoms. The molecular formula is C30H35FN4O4. The maximum atomic E-state index is 14.4. The van der Waals surface area contributed by atoms with Gasteiger partial charge >= 0.3 is 6.09 Å². The van der Waals surface area contributed by atoms with Crippen LogP contribution in [0.15, 0.2) is 55.0 Å². The van der Waals surface area contributed by atoms with E-state index in [1.54, 1.807) is 24.1 Å². The Morgan fingerprint density at radius 2 is 1.85 bits per heavy atom. The van der Waals surface area contributed by atoms with Gasteiger partial charge in [0.2, 0.25) is 0 Å². The number of carbonyl (C=O) groups is 1. The summed E-state index contributed by atoms with van der Waals surface area (Å²) in [4.78, 5) is 25.4. The van der Waals surface area contributed by atoms with Gasteiger partial charge in [0.15, 0.2) is 11.6 Å². The average Bonchev–Trinajstić information content (AvgIpc) is 3.51. The first kappa shape index (κ1) is 26.9. The minimum atomic E-state index is -0.736. The van der Waals surface area contributed by atoms with Crippen molar-refractivity contribution in [3.63, 3.8) is 0 Å². The number of carbonyl (C=O) groups excluding carboxylic acids is 1. The molecule has 2 aliphatic rings. The van der Waals surface area contributed by atoms with Crippen molar-refractivity contribution in [1.29, 1.82) is 0 Å². The van der Waals surface area contributed by atoms with Crippen LogP contribution >= 0.6 is 0 Å². The molecule has 2 unspecified atom stereocenters. The molecule has 1 spiro atoms. The lowest BCUT2D eigenvalue weighted by Gasteiger charge is -2.27. The molecule has 1 N–H and O–H groups in total. The number of amides is 1. The molecule has 3 aromatic rings. The monoisotopic (exact) mass is 534 g/mol. The number of aliphatic hydroxyl groups excluding tert-OH is 1. The van der Waals surface area contributed by atoms with Crippen molar-refractivity contribution in [3.05, 3.63) is 66.4 Å². The van der Waals surface area contributed by atoms with Gasteiger partial charge in [-0.1, -0.05) is 24.3 Å². The summed E-state index contributed by atoms with van der Waals surface area (Å²) >= 11 is 0. The molecule has 39 heavy (non-hydrogen) atoms. The fourth-order valence-corrected chi connectivity index (χ4v) is 5.51. The van der Waals surface area contributed by atoms with E-state index in [0.717, 1.165) is 25.9 Å². The molecule has 0 radical (unpaired) electrons. The maximum Gasteiger partial charge on any atom is 0.410 e. The molecule has 206 valence electrons. The Morgan fingerprint density at radius 3 is 2.62 bits per heavy atom.